The summed E-state index contributed by atoms with van der Waals surface area (Å²) >= 11 is 0. The maximum absolute atomic E-state index is 11.9. The average Bonchev–Trinajstić information content (AvgIpc) is 3.33. The summed E-state index contributed by atoms with van der Waals surface area (Å²) in [4.78, 5) is 14.0. The zero-order chi connectivity index (χ0) is 15.3. The van der Waals surface area contributed by atoms with Crippen molar-refractivity contribution in [1.82, 2.24) is 10.6 Å². The summed E-state index contributed by atoms with van der Waals surface area (Å²) in [5.41, 5.74) is 0.632. The fourth-order valence-electron chi connectivity index (χ4n) is 2.44. The van der Waals surface area contributed by atoms with Crippen molar-refractivity contribution >= 4 is 11.7 Å². The molecule has 1 aliphatic rings. The Balaban J connectivity index is 1.72. The van der Waals surface area contributed by atoms with E-state index in [4.69, 9.17) is 0 Å². The van der Waals surface area contributed by atoms with Crippen LogP contribution in [0.1, 0.15) is 19.8 Å². The number of aliphatic hydroxyl groups excluding tert-OH is 1. The Morgan fingerprint density at radius 3 is 2.62 bits per heavy atom. The number of hydrogen-bond acceptors (Lipinski definition) is 3. The van der Waals surface area contributed by atoms with Crippen LogP contribution in [0.2, 0.25) is 0 Å². The van der Waals surface area contributed by atoms with Crippen molar-refractivity contribution in [2.45, 2.75) is 25.3 Å². The van der Waals surface area contributed by atoms with Gasteiger partial charge in [0.05, 0.1) is 12.1 Å². The molecule has 0 aromatic heterocycles. The first-order chi connectivity index (χ1) is 10.0. The van der Waals surface area contributed by atoms with Crippen LogP contribution >= 0.6 is 0 Å². The van der Waals surface area contributed by atoms with E-state index in [1.54, 1.807) is 0 Å². The number of carbonyl (C=O) groups excluding carboxylic acids is 1. The summed E-state index contributed by atoms with van der Waals surface area (Å²) in [7, 11) is 2.00. The van der Waals surface area contributed by atoms with Crippen LogP contribution in [-0.2, 0) is 0 Å². The standard InChI is InChI=1S/C16H25N3O2/c1-16(12-20,13-8-9-13)18-15(21)17-10-11-19(2)14-6-4-3-5-7-14/h3-7,13,20H,8-12H2,1-2H3,(H2,17,18,21)/t16-/m0/s1. The Kier molecular flexibility index (Phi) is 5.07. The molecule has 0 aliphatic heterocycles. The molecule has 0 spiro atoms. The lowest BCUT2D eigenvalue weighted by molar-refractivity contribution is 0.155. The van der Waals surface area contributed by atoms with E-state index < -0.39 is 5.54 Å². The number of nitrogens with zero attached hydrogens (tertiary/aromatic N) is 1. The van der Waals surface area contributed by atoms with Gasteiger partial charge in [0.2, 0.25) is 0 Å². The topological polar surface area (TPSA) is 64.6 Å². The van der Waals surface area contributed by atoms with Gasteiger partial charge in [0.25, 0.3) is 0 Å². The lowest BCUT2D eigenvalue weighted by Crippen LogP contribution is -2.54. The lowest BCUT2D eigenvalue weighted by atomic mass is 9.97. The van der Waals surface area contributed by atoms with E-state index in [1.807, 2.05) is 44.3 Å². The fraction of sp³-hybridized carbons (Fsp3) is 0.562. The fourth-order valence-corrected chi connectivity index (χ4v) is 2.44. The molecule has 0 bridgehead atoms. The number of nitrogens with one attached hydrogen (secondary N) is 2. The molecular formula is C16H25N3O2. The minimum atomic E-state index is -0.491. The summed E-state index contributed by atoms with van der Waals surface area (Å²) < 4.78 is 0. The summed E-state index contributed by atoms with van der Waals surface area (Å²) in [5, 5.41) is 15.2. The third kappa shape index (κ3) is 4.36. The van der Waals surface area contributed by atoms with E-state index in [2.05, 4.69) is 15.5 Å². The average molecular weight is 291 g/mol. The highest BCUT2D eigenvalue weighted by atomic mass is 16.3. The molecule has 1 aliphatic carbocycles. The number of rotatable bonds is 7. The summed E-state index contributed by atoms with van der Waals surface area (Å²) in [6, 6.07) is 9.84. The Morgan fingerprint density at radius 1 is 1.38 bits per heavy atom. The minimum Gasteiger partial charge on any atom is -0.394 e. The Hall–Kier alpha value is -1.75. The highest BCUT2D eigenvalue weighted by molar-refractivity contribution is 5.75. The number of benzene rings is 1. The van der Waals surface area contributed by atoms with Crippen LogP contribution < -0.4 is 15.5 Å². The van der Waals surface area contributed by atoms with Crippen molar-refractivity contribution in [2.24, 2.45) is 5.92 Å². The molecule has 0 radical (unpaired) electrons. The van der Waals surface area contributed by atoms with Crippen LogP contribution in [-0.4, -0.2) is 43.4 Å². The summed E-state index contributed by atoms with van der Waals surface area (Å²) in [6.45, 7) is 3.18. The van der Waals surface area contributed by atoms with Crippen molar-refractivity contribution < 1.29 is 9.90 Å². The first-order valence-electron chi connectivity index (χ1n) is 7.48. The molecule has 1 aromatic rings. The van der Waals surface area contributed by atoms with E-state index >= 15 is 0 Å². The molecule has 1 fully saturated rings. The third-order valence-electron chi connectivity index (χ3n) is 4.14. The lowest BCUT2D eigenvalue weighted by Gasteiger charge is -2.29. The second-order valence-corrected chi connectivity index (χ2v) is 5.99. The second kappa shape index (κ2) is 6.80. The highest BCUT2D eigenvalue weighted by Gasteiger charge is 2.42. The van der Waals surface area contributed by atoms with Gasteiger partial charge in [-0.25, -0.2) is 4.79 Å². The van der Waals surface area contributed by atoms with Crippen LogP contribution in [0.5, 0.6) is 0 Å². The number of carbonyl (C=O) groups is 1. The number of amides is 2. The molecule has 5 nitrogen and oxygen atoms in total. The van der Waals surface area contributed by atoms with Gasteiger partial charge in [-0.1, -0.05) is 18.2 Å². The molecular weight excluding hydrogens is 266 g/mol. The molecule has 1 saturated carbocycles. The van der Waals surface area contributed by atoms with Gasteiger partial charge < -0.3 is 20.6 Å². The second-order valence-electron chi connectivity index (χ2n) is 5.99. The van der Waals surface area contributed by atoms with Gasteiger partial charge in [0, 0.05) is 25.8 Å². The SMILES string of the molecule is CN(CCNC(=O)N[C@@](C)(CO)C1CC1)c1ccccc1. The zero-order valence-electron chi connectivity index (χ0n) is 12.8. The normalized spacial score (nSPS) is 16.9. The molecule has 116 valence electrons. The van der Waals surface area contributed by atoms with Crippen molar-refractivity contribution in [3.63, 3.8) is 0 Å². The molecule has 5 heteroatoms. The van der Waals surface area contributed by atoms with E-state index in [9.17, 15) is 9.90 Å². The van der Waals surface area contributed by atoms with Gasteiger partial charge in [-0.3, -0.25) is 0 Å². The Labute approximate surface area is 126 Å². The van der Waals surface area contributed by atoms with Crippen LogP contribution in [0.15, 0.2) is 30.3 Å². The van der Waals surface area contributed by atoms with Gasteiger partial charge in [-0.2, -0.15) is 0 Å². The molecule has 0 heterocycles. The van der Waals surface area contributed by atoms with E-state index in [-0.39, 0.29) is 12.6 Å². The van der Waals surface area contributed by atoms with Gasteiger partial charge in [0.15, 0.2) is 0 Å². The first kappa shape index (κ1) is 15.6. The zero-order valence-corrected chi connectivity index (χ0v) is 12.8. The smallest absolute Gasteiger partial charge is 0.315 e. The predicted octanol–water partition coefficient (Wildman–Crippen LogP) is 1.58. The molecule has 1 aromatic carbocycles. The number of para-hydroxylation sites is 1. The van der Waals surface area contributed by atoms with Crippen molar-refractivity contribution in [2.75, 3.05) is 31.6 Å². The molecule has 2 amide bonds. The molecule has 3 N–H and O–H groups in total. The van der Waals surface area contributed by atoms with Crippen LogP contribution in [0, 0.1) is 5.92 Å². The Morgan fingerprint density at radius 2 is 2.05 bits per heavy atom. The first-order valence-corrected chi connectivity index (χ1v) is 7.48. The third-order valence-corrected chi connectivity index (χ3v) is 4.14. The monoisotopic (exact) mass is 291 g/mol. The Bertz CT molecular complexity index is 462. The molecule has 0 saturated heterocycles. The number of hydrogen-bond donors (Lipinski definition) is 3. The summed E-state index contributed by atoms with van der Waals surface area (Å²) in [5.74, 6) is 0.403. The maximum Gasteiger partial charge on any atom is 0.315 e. The van der Waals surface area contributed by atoms with Gasteiger partial charge >= 0.3 is 6.03 Å². The van der Waals surface area contributed by atoms with E-state index in [0.29, 0.717) is 12.5 Å². The van der Waals surface area contributed by atoms with Gasteiger partial charge in [-0.15, -0.1) is 0 Å². The largest absolute Gasteiger partial charge is 0.394 e. The van der Waals surface area contributed by atoms with Crippen LogP contribution in [0.25, 0.3) is 0 Å². The van der Waals surface area contributed by atoms with Crippen LogP contribution in [0.4, 0.5) is 10.5 Å². The number of aliphatic hydroxyl groups is 1. The molecule has 21 heavy (non-hydrogen) atoms. The predicted molar refractivity (Wildman–Crippen MR) is 84.5 cm³/mol. The van der Waals surface area contributed by atoms with Gasteiger partial charge in [0.1, 0.15) is 0 Å². The molecule has 0 unspecified atom stereocenters. The van der Waals surface area contributed by atoms with Crippen molar-refractivity contribution in [3.8, 4) is 0 Å². The highest BCUT2D eigenvalue weighted by Crippen LogP contribution is 2.39. The number of likely N-dealkylation sites (N-methyl/N-ethyl adjacent to an activating group) is 1. The van der Waals surface area contributed by atoms with Crippen molar-refractivity contribution in [3.05, 3.63) is 30.3 Å². The van der Waals surface area contributed by atoms with E-state index in [0.717, 1.165) is 25.1 Å². The number of urea groups is 1. The summed E-state index contributed by atoms with van der Waals surface area (Å²) in [6.07, 6.45) is 2.15. The molecule has 1 atom stereocenters. The maximum atomic E-state index is 11.9. The van der Waals surface area contributed by atoms with Crippen molar-refractivity contribution in [1.29, 1.82) is 0 Å². The van der Waals surface area contributed by atoms with Gasteiger partial charge in [-0.05, 0) is 37.8 Å². The quantitative estimate of drug-likeness (QED) is 0.715. The van der Waals surface area contributed by atoms with E-state index in [1.165, 1.54) is 0 Å². The molecule has 2 rings (SSSR count). The number of anilines is 1. The van der Waals surface area contributed by atoms with Crippen LogP contribution in [0.3, 0.4) is 0 Å². The minimum absolute atomic E-state index is 0.0188.